The molecule has 3 aromatic rings. The minimum Gasteiger partial charge on any atom is -0.368 e. The van der Waals surface area contributed by atoms with Crippen LogP contribution in [0.1, 0.15) is 28.8 Å². The molecule has 1 N–H and O–H groups in total. The fourth-order valence-corrected chi connectivity index (χ4v) is 3.93. The number of aromatic nitrogens is 4. The first-order chi connectivity index (χ1) is 13.9. The van der Waals surface area contributed by atoms with Crippen LogP contribution in [-0.2, 0) is 11.2 Å². The average molecular weight is 394 g/mol. The van der Waals surface area contributed by atoms with Crippen LogP contribution in [0.3, 0.4) is 0 Å². The highest BCUT2D eigenvalue weighted by atomic mass is 16.2. The molecule has 29 heavy (non-hydrogen) atoms. The first kappa shape index (κ1) is 19.2. The summed E-state index contributed by atoms with van der Waals surface area (Å²) < 4.78 is 1.32. The fraction of sp³-hybridized carbons (Fsp3) is 0.429. The molecule has 1 fully saturated rings. The number of nitrogens with one attached hydrogen (secondary N) is 1. The van der Waals surface area contributed by atoms with Gasteiger partial charge in [0.1, 0.15) is 6.33 Å². The molecule has 3 heterocycles. The Morgan fingerprint density at radius 2 is 1.90 bits per heavy atom. The summed E-state index contributed by atoms with van der Waals surface area (Å²) in [5.74, 6) is 0.435. The molecule has 1 amide bonds. The zero-order chi connectivity index (χ0) is 20.5. The zero-order valence-electron chi connectivity index (χ0n) is 17.1. The SMILES string of the molecule is Cc1ccc(C)c(N2CCN(C(=O)CCc3c(C)nc4nc[nH]n4c3=O)CC2)c1. The van der Waals surface area contributed by atoms with Crippen LogP contribution in [0.25, 0.3) is 5.78 Å². The van der Waals surface area contributed by atoms with E-state index in [0.29, 0.717) is 43.0 Å². The Hall–Kier alpha value is -3.16. The molecule has 0 bridgehead atoms. The highest BCUT2D eigenvalue weighted by Crippen LogP contribution is 2.23. The molecular formula is C21H26N6O2. The second-order valence-corrected chi connectivity index (χ2v) is 7.66. The van der Waals surface area contributed by atoms with Crippen molar-refractivity contribution < 1.29 is 4.79 Å². The maximum atomic E-state index is 12.7. The van der Waals surface area contributed by atoms with Gasteiger partial charge in [-0.05, 0) is 44.4 Å². The smallest absolute Gasteiger partial charge is 0.277 e. The summed E-state index contributed by atoms with van der Waals surface area (Å²) in [5.41, 5.74) is 4.77. The number of piperazine rings is 1. The van der Waals surface area contributed by atoms with E-state index in [2.05, 4.69) is 52.0 Å². The van der Waals surface area contributed by atoms with Crippen LogP contribution in [0.4, 0.5) is 5.69 Å². The third kappa shape index (κ3) is 3.74. The van der Waals surface area contributed by atoms with Crippen LogP contribution >= 0.6 is 0 Å². The number of aromatic amines is 1. The van der Waals surface area contributed by atoms with Crippen molar-refractivity contribution in [1.82, 2.24) is 24.5 Å². The van der Waals surface area contributed by atoms with Crippen molar-refractivity contribution in [3.8, 4) is 0 Å². The predicted octanol–water partition coefficient (Wildman–Crippen LogP) is 1.62. The maximum Gasteiger partial charge on any atom is 0.277 e. The summed E-state index contributed by atoms with van der Waals surface area (Å²) in [5, 5.41) is 2.77. The monoisotopic (exact) mass is 394 g/mol. The Balaban J connectivity index is 1.38. The highest BCUT2D eigenvalue weighted by molar-refractivity contribution is 5.77. The van der Waals surface area contributed by atoms with Gasteiger partial charge < -0.3 is 9.80 Å². The van der Waals surface area contributed by atoms with Gasteiger partial charge in [0.15, 0.2) is 0 Å². The van der Waals surface area contributed by atoms with Crippen LogP contribution in [-0.4, -0.2) is 56.6 Å². The van der Waals surface area contributed by atoms with Crippen LogP contribution in [0.5, 0.6) is 0 Å². The number of anilines is 1. The lowest BCUT2D eigenvalue weighted by molar-refractivity contribution is -0.131. The van der Waals surface area contributed by atoms with E-state index in [1.807, 2.05) is 4.90 Å². The molecule has 8 nitrogen and oxygen atoms in total. The largest absolute Gasteiger partial charge is 0.368 e. The number of nitrogens with zero attached hydrogens (tertiary/aromatic N) is 5. The van der Waals surface area contributed by atoms with E-state index in [1.165, 1.54) is 27.7 Å². The molecule has 0 aliphatic carbocycles. The van der Waals surface area contributed by atoms with Crippen molar-refractivity contribution in [2.45, 2.75) is 33.6 Å². The molecule has 152 valence electrons. The minimum atomic E-state index is -0.183. The van der Waals surface area contributed by atoms with E-state index in [9.17, 15) is 9.59 Å². The highest BCUT2D eigenvalue weighted by Gasteiger charge is 2.23. The van der Waals surface area contributed by atoms with Crippen molar-refractivity contribution in [2.75, 3.05) is 31.1 Å². The Morgan fingerprint density at radius 3 is 2.66 bits per heavy atom. The van der Waals surface area contributed by atoms with Gasteiger partial charge in [-0.25, -0.2) is 9.97 Å². The second-order valence-electron chi connectivity index (χ2n) is 7.66. The average Bonchev–Trinajstić information content (AvgIpc) is 3.18. The number of hydrogen-bond donors (Lipinski definition) is 1. The molecule has 2 aromatic heterocycles. The van der Waals surface area contributed by atoms with Gasteiger partial charge in [-0.15, -0.1) is 0 Å². The van der Waals surface area contributed by atoms with E-state index < -0.39 is 0 Å². The van der Waals surface area contributed by atoms with Gasteiger partial charge in [-0.2, -0.15) is 4.52 Å². The minimum absolute atomic E-state index is 0.0825. The number of benzene rings is 1. The van der Waals surface area contributed by atoms with Gasteiger partial charge in [-0.3, -0.25) is 14.7 Å². The van der Waals surface area contributed by atoms with Gasteiger partial charge >= 0.3 is 0 Å². The van der Waals surface area contributed by atoms with Gasteiger partial charge in [-0.1, -0.05) is 12.1 Å². The summed E-state index contributed by atoms with van der Waals surface area (Å²) in [7, 11) is 0. The van der Waals surface area contributed by atoms with Crippen molar-refractivity contribution in [3.05, 3.63) is 57.3 Å². The Labute approximate surface area is 169 Å². The van der Waals surface area contributed by atoms with Crippen LogP contribution in [0.2, 0.25) is 0 Å². The number of carbonyl (C=O) groups excluding carboxylic acids is 1. The predicted molar refractivity (Wildman–Crippen MR) is 111 cm³/mol. The van der Waals surface area contributed by atoms with Gasteiger partial charge in [0.2, 0.25) is 5.91 Å². The standard InChI is InChI=1S/C21H26N6O2/c1-14-4-5-15(2)18(12-14)25-8-10-26(11-9-25)19(28)7-6-17-16(3)24-21-22-13-23-27(21)20(17)29/h4-5,12-13H,6-11H2,1-3H3,(H,22,23,24). The Kier molecular flexibility index (Phi) is 5.08. The number of carbonyl (C=O) groups is 1. The molecule has 1 aromatic carbocycles. The molecule has 1 aliphatic rings. The number of H-pyrrole nitrogens is 1. The van der Waals surface area contributed by atoms with E-state index in [-0.39, 0.29) is 11.5 Å². The lowest BCUT2D eigenvalue weighted by atomic mass is 10.1. The van der Waals surface area contributed by atoms with Gasteiger partial charge in [0.05, 0.1) is 5.69 Å². The summed E-state index contributed by atoms with van der Waals surface area (Å²) in [6.07, 6.45) is 2.13. The molecular weight excluding hydrogens is 368 g/mol. The van der Waals surface area contributed by atoms with Crippen molar-refractivity contribution in [1.29, 1.82) is 0 Å². The number of fused-ring (bicyclic) bond motifs is 1. The number of aryl methyl sites for hydroxylation is 3. The third-order valence-corrected chi connectivity index (χ3v) is 5.66. The number of rotatable bonds is 4. The topological polar surface area (TPSA) is 86.6 Å². The lowest BCUT2D eigenvalue weighted by Crippen LogP contribution is -2.49. The van der Waals surface area contributed by atoms with E-state index >= 15 is 0 Å². The molecule has 0 unspecified atom stereocenters. The van der Waals surface area contributed by atoms with E-state index in [4.69, 9.17) is 0 Å². The molecule has 8 heteroatoms. The van der Waals surface area contributed by atoms with Crippen LogP contribution in [0, 0.1) is 20.8 Å². The summed E-state index contributed by atoms with van der Waals surface area (Å²) >= 11 is 0. The second kappa shape index (κ2) is 7.69. The first-order valence-corrected chi connectivity index (χ1v) is 9.95. The summed E-state index contributed by atoms with van der Waals surface area (Å²) in [6.45, 7) is 9.04. The van der Waals surface area contributed by atoms with Crippen LogP contribution < -0.4 is 10.5 Å². The summed E-state index contributed by atoms with van der Waals surface area (Å²) in [4.78, 5) is 37.9. The van der Waals surface area contributed by atoms with Gasteiger partial charge in [0.25, 0.3) is 11.3 Å². The third-order valence-electron chi connectivity index (χ3n) is 5.66. The molecule has 0 saturated carbocycles. The zero-order valence-corrected chi connectivity index (χ0v) is 17.1. The number of amides is 1. The molecule has 0 radical (unpaired) electrons. The lowest BCUT2D eigenvalue weighted by Gasteiger charge is -2.37. The van der Waals surface area contributed by atoms with E-state index in [1.54, 1.807) is 6.92 Å². The van der Waals surface area contributed by atoms with Crippen LogP contribution in [0.15, 0.2) is 29.3 Å². The molecule has 4 rings (SSSR count). The quantitative estimate of drug-likeness (QED) is 0.727. The van der Waals surface area contributed by atoms with Gasteiger partial charge in [0, 0.05) is 43.9 Å². The molecule has 0 atom stereocenters. The van der Waals surface area contributed by atoms with Crippen molar-refractivity contribution in [3.63, 3.8) is 0 Å². The summed E-state index contributed by atoms with van der Waals surface area (Å²) in [6, 6.07) is 6.48. The van der Waals surface area contributed by atoms with Crippen molar-refractivity contribution >= 4 is 17.4 Å². The first-order valence-electron chi connectivity index (χ1n) is 9.95. The van der Waals surface area contributed by atoms with E-state index in [0.717, 1.165) is 13.1 Å². The molecule has 0 spiro atoms. The van der Waals surface area contributed by atoms with Crippen molar-refractivity contribution in [2.24, 2.45) is 0 Å². The Morgan fingerprint density at radius 1 is 1.14 bits per heavy atom. The normalized spacial score (nSPS) is 14.6. The molecule has 1 aliphatic heterocycles. The Bertz CT molecular complexity index is 1110. The fourth-order valence-electron chi connectivity index (χ4n) is 3.93. The molecule has 1 saturated heterocycles. The maximum absolute atomic E-state index is 12.7. The number of hydrogen-bond acceptors (Lipinski definition) is 5.